The Kier molecular flexibility index (Phi) is 4.44. The molecule has 0 saturated heterocycles. The quantitative estimate of drug-likeness (QED) is 0.748. The predicted molar refractivity (Wildman–Crippen MR) is 63.3 cm³/mol. The SMILES string of the molecule is CNC(=O)c1ccc(NCC=C(C)C)nn1. The van der Waals surface area contributed by atoms with Crippen molar-refractivity contribution in [2.75, 3.05) is 18.9 Å². The van der Waals surface area contributed by atoms with Crippen molar-refractivity contribution in [3.05, 3.63) is 29.5 Å². The first-order chi connectivity index (χ1) is 7.63. The third kappa shape index (κ3) is 3.68. The van der Waals surface area contributed by atoms with Crippen LogP contribution in [-0.2, 0) is 0 Å². The van der Waals surface area contributed by atoms with Gasteiger partial charge in [-0.15, -0.1) is 10.2 Å². The molecule has 1 rings (SSSR count). The summed E-state index contributed by atoms with van der Waals surface area (Å²) in [6.07, 6.45) is 2.05. The lowest BCUT2D eigenvalue weighted by molar-refractivity contribution is 0.0957. The summed E-state index contributed by atoms with van der Waals surface area (Å²) in [5.74, 6) is 0.425. The lowest BCUT2D eigenvalue weighted by Crippen LogP contribution is -2.19. The van der Waals surface area contributed by atoms with E-state index in [0.717, 1.165) is 0 Å². The van der Waals surface area contributed by atoms with Crippen LogP contribution < -0.4 is 10.6 Å². The number of carbonyl (C=O) groups is 1. The lowest BCUT2D eigenvalue weighted by Gasteiger charge is -2.02. The monoisotopic (exact) mass is 220 g/mol. The van der Waals surface area contributed by atoms with Crippen molar-refractivity contribution >= 4 is 11.7 Å². The zero-order chi connectivity index (χ0) is 12.0. The number of nitrogens with one attached hydrogen (secondary N) is 2. The van der Waals surface area contributed by atoms with Crippen LogP contribution in [0.3, 0.4) is 0 Å². The molecule has 1 aromatic rings. The van der Waals surface area contributed by atoms with Crippen LogP contribution >= 0.6 is 0 Å². The molecule has 0 fully saturated rings. The molecule has 5 nitrogen and oxygen atoms in total. The van der Waals surface area contributed by atoms with Gasteiger partial charge < -0.3 is 10.6 Å². The Morgan fingerprint density at radius 3 is 2.62 bits per heavy atom. The molecule has 0 unspecified atom stereocenters. The highest BCUT2D eigenvalue weighted by Crippen LogP contribution is 2.01. The Morgan fingerprint density at radius 2 is 2.12 bits per heavy atom. The maximum Gasteiger partial charge on any atom is 0.271 e. The van der Waals surface area contributed by atoms with Crippen LogP contribution in [0, 0.1) is 0 Å². The summed E-state index contributed by atoms with van der Waals surface area (Å²) in [6, 6.07) is 3.37. The number of rotatable bonds is 4. The number of hydrogen-bond donors (Lipinski definition) is 2. The van der Waals surface area contributed by atoms with Gasteiger partial charge in [0, 0.05) is 13.6 Å². The third-order valence-electron chi connectivity index (χ3n) is 1.92. The minimum atomic E-state index is -0.233. The Morgan fingerprint density at radius 1 is 1.38 bits per heavy atom. The van der Waals surface area contributed by atoms with Crippen LogP contribution in [-0.4, -0.2) is 29.7 Å². The molecule has 2 N–H and O–H groups in total. The van der Waals surface area contributed by atoms with Gasteiger partial charge >= 0.3 is 0 Å². The first-order valence-corrected chi connectivity index (χ1v) is 5.06. The molecule has 86 valence electrons. The van der Waals surface area contributed by atoms with E-state index < -0.39 is 0 Å². The maximum absolute atomic E-state index is 11.2. The minimum absolute atomic E-state index is 0.233. The summed E-state index contributed by atoms with van der Waals surface area (Å²) in [4.78, 5) is 11.2. The Bertz CT molecular complexity index is 379. The van der Waals surface area contributed by atoms with Gasteiger partial charge in [-0.25, -0.2) is 0 Å². The number of aromatic nitrogens is 2. The predicted octanol–water partition coefficient (Wildman–Crippen LogP) is 1.21. The second kappa shape index (κ2) is 5.85. The average Bonchev–Trinajstić information content (AvgIpc) is 2.28. The molecule has 0 saturated carbocycles. The van der Waals surface area contributed by atoms with Crippen molar-refractivity contribution in [2.24, 2.45) is 0 Å². The number of carbonyl (C=O) groups excluding carboxylic acids is 1. The molecule has 0 aliphatic heterocycles. The van der Waals surface area contributed by atoms with Crippen LogP contribution in [0.2, 0.25) is 0 Å². The lowest BCUT2D eigenvalue weighted by atomic mass is 10.3. The summed E-state index contributed by atoms with van der Waals surface area (Å²) in [6.45, 7) is 4.76. The van der Waals surface area contributed by atoms with Gasteiger partial charge in [-0.2, -0.15) is 0 Å². The second-order valence-corrected chi connectivity index (χ2v) is 3.55. The fraction of sp³-hybridized carbons (Fsp3) is 0.364. The van der Waals surface area contributed by atoms with Gasteiger partial charge in [0.1, 0.15) is 5.82 Å². The van der Waals surface area contributed by atoms with E-state index in [-0.39, 0.29) is 5.91 Å². The van der Waals surface area contributed by atoms with Crippen molar-refractivity contribution in [1.29, 1.82) is 0 Å². The Hall–Kier alpha value is -1.91. The molecule has 16 heavy (non-hydrogen) atoms. The Balaban J connectivity index is 2.58. The maximum atomic E-state index is 11.2. The molecule has 0 spiro atoms. The highest BCUT2D eigenvalue weighted by Gasteiger charge is 2.04. The van der Waals surface area contributed by atoms with E-state index in [9.17, 15) is 4.79 Å². The smallest absolute Gasteiger partial charge is 0.271 e. The average molecular weight is 220 g/mol. The molecule has 0 bridgehead atoms. The summed E-state index contributed by atoms with van der Waals surface area (Å²) in [5.41, 5.74) is 1.55. The standard InChI is InChI=1S/C11H16N4O/c1-8(2)6-7-13-10-5-4-9(14-15-10)11(16)12-3/h4-6H,7H2,1-3H3,(H,12,16)(H,13,15). The fourth-order valence-corrected chi connectivity index (χ4v) is 1.04. The largest absolute Gasteiger partial charge is 0.365 e. The van der Waals surface area contributed by atoms with Crippen molar-refractivity contribution < 1.29 is 4.79 Å². The van der Waals surface area contributed by atoms with E-state index in [0.29, 0.717) is 18.1 Å². The molecule has 1 heterocycles. The molecule has 0 aliphatic rings. The highest BCUT2D eigenvalue weighted by atomic mass is 16.1. The second-order valence-electron chi connectivity index (χ2n) is 3.55. The van der Waals surface area contributed by atoms with Gasteiger partial charge in [0.15, 0.2) is 5.69 Å². The van der Waals surface area contributed by atoms with Crippen molar-refractivity contribution in [3.63, 3.8) is 0 Å². The summed E-state index contributed by atoms with van der Waals surface area (Å²) in [5, 5.41) is 13.3. The fourth-order valence-electron chi connectivity index (χ4n) is 1.04. The van der Waals surface area contributed by atoms with Crippen LogP contribution in [0.15, 0.2) is 23.8 Å². The van der Waals surface area contributed by atoms with Crippen molar-refractivity contribution in [1.82, 2.24) is 15.5 Å². The zero-order valence-electron chi connectivity index (χ0n) is 9.74. The van der Waals surface area contributed by atoms with Crippen molar-refractivity contribution in [3.8, 4) is 0 Å². The molecule has 5 heteroatoms. The Labute approximate surface area is 95.0 Å². The third-order valence-corrected chi connectivity index (χ3v) is 1.92. The van der Waals surface area contributed by atoms with E-state index in [1.165, 1.54) is 5.57 Å². The molecular formula is C11H16N4O. The van der Waals surface area contributed by atoms with E-state index in [4.69, 9.17) is 0 Å². The molecule has 0 atom stereocenters. The van der Waals surface area contributed by atoms with Crippen LogP contribution in [0.4, 0.5) is 5.82 Å². The summed E-state index contributed by atoms with van der Waals surface area (Å²) < 4.78 is 0. The first-order valence-electron chi connectivity index (χ1n) is 5.06. The number of nitrogens with zero attached hydrogens (tertiary/aromatic N) is 2. The van der Waals surface area contributed by atoms with Gasteiger partial charge in [0.2, 0.25) is 0 Å². The van der Waals surface area contributed by atoms with Gasteiger partial charge in [-0.3, -0.25) is 4.79 Å². The van der Waals surface area contributed by atoms with Crippen LogP contribution in [0.25, 0.3) is 0 Å². The molecule has 1 aromatic heterocycles. The molecular weight excluding hydrogens is 204 g/mol. The van der Waals surface area contributed by atoms with E-state index in [2.05, 4.69) is 20.8 Å². The zero-order valence-corrected chi connectivity index (χ0v) is 9.74. The van der Waals surface area contributed by atoms with Crippen LogP contribution in [0.5, 0.6) is 0 Å². The van der Waals surface area contributed by atoms with E-state index >= 15 is 0 Å². The van der Waals surface area contributed by atoms with E-state index in [1.54, 1.807) is 19.2 Å². The van der Waals surface area contributed by atoms with E-state index in [1.807, 2.05) is 19.9 Å². The number of allylic oxidation sites excluding steroid dienone is 1. The molecule has 0 radical (unpaired) electrons. The van der Waals surface area contributed by atoms with Crippen molar-refractivity contribution in [2.45, 2.75) is 13.8 Å². The summed E-state index contributed by atoms with van der Waals surface area (Å²) in [7, 11) is 1.56. The van der Waals surface area contributed by atoms with Gasteiger partial charge in [-0.05, 0) is 26.0 Å². The highest BCUT2D eigenvalue weighted by molar-refractivity contribution is 5.91. The molecule has 1 amide bonds. The molecule has 0 aromatic carbocycles. The van der Waals surface area contributed by atoms with Gasteiger partial charge in [0.05, 0.1) is 0 Å². The van der Waals surface area contributed by atoms with Gasteiger partial charge in [0.25, 0.3) is 5.91 Å². The van der Waals surface area contributed by atoms with Crippen LogP contribution in [0.1, 0.15) is 24.3 Å². The minimum Gasteiger partial charge on any atom is -0.365 e. The topological polar surface area (TPSA) is 66.9 Å². The van der Waals surface area contributed by atoms with Gasteiger partial charge in [-0.1, -0.05) is 11.6 Å². The number of anilines is 1. The molecule has 0 aliphatic carbocycles. The summed E-state index contributed by atoms with van der Waals surface area (Å²) >= 11 is 0. The number of hydrogen-bond acceptors (Lipinski definition) is 4. The normalized spacial score (nSPS) is 9.44. The number of amides is 1. The first kappa shape index (κ1) is 12.2.